The zero-order chi connectivity index (χ0) is 18.1. The Hall–Kier alpha value is -3.28. The maximum atomic E-state index is 13.0. The highest BCUT2D eigenvalue weighted by Gasteiger charge is 2.36. The van der Waals surface area contributed by atoms with Crippen LogP contribution in [0.5, 0.6) is 0 Å². The number of benzene rings is 1. The highest BCUT2D eigenvalue weighted by Crippen LogP contribution is 2.27. The van der Waals surface area contributed by atoms with Crippen LogP contribution >= 0.6 is 0 Å². The molecule has 1 N–H and O–H groups in total. The Labute approximate surface area is 150 Å². The molecule has 130 valence electrons. The minimum Gasteiger partial charge on any atom is -0.359 e. The lowest BCUT2D eigenvalue weighted by atomic mass is 9.96. The maximum absolute atomic E-state index is 13.0. The third-order valence-corrected chi connectivity index (χ3v) is 4.66. The first-order valence-corrected chi connectivity index (χ1v) is 8.49. The lowest BCUT2D eigenvalue weighted by molar-refractivity contribution is -0.128. The molecule has 1 aromatic carbocycles. The average molecular weight is 346 g/mol. The van der Waals surface area contributed by atoms with Gasteiger partial charge in [-0.05, 0) is 24.3 Å². The van der Waals surface area contributed by atoms with Gasteiger partial charge in [0.25, 0.3) is 5.91 Å². The number of hydrogen-bond acceptors (Lipinski definition) is 4. The van der Waals surface area contributed by atoms with Gasteiger partial charge in [-0.3, -0.25) is 14.6 Å². The van der Waals surface area contributed by atoms with Gasteiger partial charge in [0.15, 0.2) is 0 Å². The summed E-state index contributed by atoms with van der Waals surface area (Å²) < 4.78 is 0. The number of fused-ring (bicyclic) bond motifs is 1. The minimum absolute atomic E-state index is 0.0252. The van der Waals surface area contributed by atoms with Gasteiger partial charge in [-0.25, -0.2) is 4.98 Å². The average Bonchev–Trinajstić information content (AvgIpc) is 2.66. The molecule has 1 saturated heterocycles. The van der Waals surface area contributed by atoms with Crippen molar-refractivity contribution in [3.63, 3.8) is 0 Å². The van der Waals surface area contributed by atoms with Crippen LogP contribution in [-0.2, 0) is 4.79 Å². The summed E-state index contributed by atoms with van der Waals surface area (Å²) in [6, 6.07) is 15.0. The largest absolute Gasteiger partial charge is 0.359 e. The minimum atomic E-state index is -0.132. The normalized spacial score (nSPS) is 14.1. The molecule has 0 atom stereocenters. The van der Waals surface area contributed by atoms with Crippen molar-refractivity contribution in [3.8, 4) is 11.4 Å². The second-order valence-electron chi connectivity index (χ2n) is 6.31. The van der Waals surface area contributed by atoms with Gasteiger partial charge in [0.2, 0.25) is 5.91 Å². The molecular formula is C20H18N4O2. The predicted octanol–water partition coefficient (Wildman–Crippen LogP) is 2.11. The smallest absolute Gasteiger partial charge is 0.254 e. The molecule has 4 rings (SSSR count). The van der Waals surface area contributed by atoms with E-state index in [1.165, 1.54) is 0 Å². The van der Waals surface area contributed by atoms with Crippen LogP contribution in [-0.4, -0.2) is 46.8 Å². The van der Waals surface area contributed by atoms with E-state index < -0.39 is 0 Å². The molecule has 6 heteroatoms. The van der Waals surface area contributed by atoms with Crippen LogP contribution in [0.2, 0.25) is 0 Å². The van der Waals surface area contributed by atoms with E-state index >= 15 is 0 Å². The summed E-state index contributed by atoms with van der Waals surface area (Å²) in [5.74, 6) is -0.240. The summed E-state index contributed by atoms with van der Waals surface area (Å²) in [6.45, 7) is 0.877. The van der Waals surface area contributed by atoms with Crippen LogP contribution in [0.3, 0.4) is 0 Å². The van der Waals surface area contributed by atoms with Crippen molar-refractivity contribution in [2.24, 2.45) is 5.92 Å². The number of para-hydroxylation sites is 1. The van der Waals surface area contributed by atoms with Crippen molar-refractivity contribution in [1.82, 2.24) is 20.2 Å². The number of amides is 2. The van der Waals surface area contributed by atoms with Crippen molar-refractivity contribution in [2.45, 2.75) is 0 Å². The molecule has 0 aliphatic carbocycles. The molecule has 2 aromatic heterocycles. The molecule has 0 radical (unpaired) electrons. The molecule has 0 saturated carbocycles. The van der Waals surface area contributed by atoms with Crippen LogP contribution in [0.1, 0.15) is 10.4 Å². The number of nitrogens with zero attached hydrogens (tertiary/aromatic N) is 3. The van der Waals surface area contributed by atoms with Crippen LogP contribution in [0.4, 0.5) is 0 Å². The summed E-state index contributed by atoms with van der Waals surface area (Å²) in [7, 11) is 1.61. The van der Waals surface area contributed by atoms with Crippen molar-refractivity contribution in [2.75, 3.05) is 20.1 Å². The Balaban J connectivity index is 1.72. The van der Waals surface area contributed by atoms with E-state index in [1.54, 1.807) is 24.2 Å². The molecule has 1 aliphatic rings. The van der Waals surface area contributed by atoms with Crippen LogP contribution in [0.25, 0.3) is 22.3 Å². The first-order valence-electron chi connectivity index (χ1n) is 8.49. The van der Waals surface area contributed by atoms with E-state index in [1.807, 2.05) is 42.5 Å². The van der Waals surface area contributed by atoms with Gasteiger partial charge in [-0.2, -0.15) is 0 Å². The maximum Gasteiger partial charge on any atom is 0.254 e. The molecular weight excluding hydrogens is 328 g/mol. The molecule has 2 amide bonds. The summed E-state index contributed by atoms with van der Waals surface area (Å²) >= 11 is 0. The lowest BCUT2D eigenvalue weighted by Gasteiger charge is -2.38. The van der Waals surface area contributed by atoms with E-state index in [9.17, 15) is 9.59 Å². The van der Waals surface area contributed by atoms with E-state index in [0.29, 0.717) is 24.3 Å². The fraction of sp³-hybridized carbons (Fsp3) is 0.200. The molecule has 1 fully saturated rings. The number of pyridine rings is 2. The fourth-order valence-electron chi connectivity index (χ4n) is 3.18. The zero-order valence-corrected chi connectivity index (χ0v) is 14.3. The van der Waals surface area contributed by atoms with Gasteiger partial charge in [-0.15, -0.1) is 0 Å². The second-order valence-corrected chi connectivity index (χ2v) is 6.31. The number of nitrogens with one attached hydrogen (secondary N) is 1. The Morgan fingerprint density at radius 1 is 1.08 bits per heavy atom. The van der Waals surface area contributed by atoms with Gasteiger partial charge in [0.05, 0.1) is 28.4 Å². The zero-order valence-electron chi connectivity index (χ0n) is 14.3. The third-order valence-electron chi connectivity index (χ3n) is 4.66. The van der Waals surface area contributed by atoms with E-state index in [2.05, 4.69) is 15.3 Å². The van der Waals surface area contributed by atoms with E-state index in [4.69, 9.17) is 0 Å². The third kappa shape index (κ3) is 2.79. The first-order chi connectivity index (χ1) is 12.7. The van der Waals surface area contributed by atoms with Gasteiger partial charge in [0, 0.05) is 31.7 Å². The number of likely N-dealkylation sites (tertiary alicyclic amines) is 1. The molecule has 6 nitrogen and oxygen atoms in total. The predicted molar refractivity (Wildman–Crippen MR) is 98.4 cm³/mol. The number of rotatable bonds is 3. The number of aromatic nitrogens is 2. The molecule has 3 aromatic rings. The standard InChI is InChI=1S/C20H18N4O2/c1-21-19(25)13-11-24(12-13)20(26)15-10-18(17-8-4-5-9-22-17)23-16-7-3-2-6-14(15)16/h2-10,13H,11-12H2,1H3,(H,21,25). The molecule has 0 spiro atoms. The van der Waals surface area contributed by atoms with Crippen LogP contribution in [0, 0.1) is 5.92 Å². The Kier molecular flexibility index (Phi) is 4.08. The highest BCUT2D eigenvalue weighted by molar-refractivity contribution is 6.07. The number of carbonyl (C=O) groups is 2. The van der Waals surface area contributed by atoms with Crippen LogP contribution in [0.15, 0.2) is 54.7 Å². The summed E-state index contributed by atoms with van der Waals surface area (Å²) in [4.78, 5) is 35.4. The Morgan fingerprint density at radius 3 is 2.58 bits per heavy atom. The highest BCUT2D eigenvalue weighted by atomic mass is 16.2. The molecule has 0 bridgehead atoms. The number of hydrogen-bond donors (Lipinski definition) is 1. The topological polar surface area (TPSA) is 75.2 Å². The quantitative estimate of drug-likeness (QED) is 0.788. The number of carbonyl (C=O) groups excluding carboxylic acids is 2. The lowest BCUT2D eigenvalue weighted by Crippen LogP contribution is -2.55. The SMILES string of the molecule is CNC(=O)C1CN(C(=O)c2cc(-c3ccccn3)nc3ccccc23)C1. The molecule has 1 aliphatic heterocycles. The van der Waals surface area contributed by atoms with Crippen LogP contribution < -0.4 is 5.32 Å². The fourth-order valence-corrected chi connectivity index (χ4v) is 3.18. The second kappa shape index (κ2) is 6.55. The van der Waals surface area contributed by atoms with Crippen molar-refractivity contribution >= 4 is 22.7 Å². The van der Waals surface area contributed by atoms with Crippen molar-refractivity contribution in [3.05, 3.63) is 60.3 Å². The van der Waals surface area contributed by atoms with Gasteiger partial charge in [-0.1, -0.05) is 24.3 Å². The molecule has 0 unspecified atom stereocenters. The first kappa shape index (κ1) is 16.2. The van der Waals surface area contributed by atoms with Crippen molar-refractivity contribution < 1.29 is 9.59 Å². The molecule has 3 heterocycles. The summed E-state index contributed by atoms with van der Waals surface area (Å²) in [5, 5.41) is 3.44. The Bertz CT molecular complexity index is 982. The van der Waals surface area contributed by atoms with E-state index in [0.717, 1.165) is 16.6 Å². The molecule has 26 heavy (non-hydrogen) atoms. The van der Waals surface area contributed by atoms with Gasteiger partial charge < -0.3 is 10.2 Å². The summed E-state index contributed by atoms with van der Waals surface area (Å²) in [6.07, 6.45) is 1.71. The summed E-state index contributed by atoms with van der Waals surface area (Å²) in [5.41, 5.74) is 2.73. The van der Waals surface area contributed by atoms with Crippen molar-refractivity contribution in [1.29, 1.82) is 0 Å². The monoisotopic (exact) mass is 346 g/mol. The van der Waals surface area contributed by atoms with Gasteiger partial charge >= 0.3 is 0 Å². The van der Waals surface area contributed by atoms with E-state index in [-0.39, 0.29) is 17.7 Å². The van der Waals surface area contributed by atoms with Gasteiger partial charge in [0.1, 0.15) is 0 Å². The Morgan fingerprint density at radius 2 is 1.85 bits per heavy atom.